The summed E-state index contributed by atoms with van der Waals surface area (Å²) in [4.78, 5) is 3.57. The van der Waals surface area contributed by atoms with Gasteiger partial charge >= 0.3 is 0 Å². The van der Waals surface area contributed by atoms with Crippen molar-refractivity contribution in [3.05, 3.63) is 84.4 Å². The highest BCUT2D eigenvalue weighted by atomic mass is 19.1. The Balaban J connectivity index is 1.32. The molecule has 0 atom stereocenters. The van der Waals surface area contributed by atoms with Crippen molar-refractivity contribution in [3.63, 3.8) is 0 Å². The fourth-order valence-electron chi connectivity index (χ4n) is 2.73. The Morgan fingerprint density at radius 3 is 2.48 bits per heavy atom. The lowest BCUT2D eigenvalue weighted by Gasteiger charge is -2.09. The van der Waals surface area contributed by atoms with Gasteiger partial charge in [0.25, 0.3) is 5.88 Å². The molecular formula is C22H17FN2O4. The van der Waals surface area contributed by atoms with Crippen LogP contribution in [0.2, 0.25) is 0 Å². The van der Waals surface area contributed by atoms with Gasteiger partial charge in [-0.3, -0.25) is 0 Å². The van der Waals surface area contributed by atoms with Gasteiger partial charge in [0.2, 0.25) is 5.95 Å². The molecule has 0 amide bonds. The summed E-state index contributed by atoms with van der Waals surface area (Å²) in [6, 6.07) is 19.2. The van der Waals surface area contributed by atoms with Crippen LogP contribution in [0.25, 0.3) is 11.3 Å². The van der Waals surface area contributed by atoms with Gasteiger partial charge in [0.1, 0.15) is 17.2 Å². The molecule has 0 spiro atoms. The van der Waals surface area contributed by atoms with Crippen LogP contribution >= 0.6 is 0 Å². The predicted molar refractivity (Wildman–Crippen MR) is 104 cm³/mol. The van der Waals surface area contributed by atoms with Gasteiger partial charge in [0.05, 0.1) is 12.8 Å². The van der Waals surface area contributed by atoms with Crippen LogP contribution in [0, 0.1) is 5.95 Å². The highest BCUT2D eigenvalue weighted by Crippen LogP contribution is 2.25. The Hall–Kier alpha value is -3.87. The second kappa shape index (κ2) is 8.43. The van der Waals surface area contributed by atoms with Crippen LogP contribution in [0.1, 0.15) is 5.56 Å². The first-order valence-corrected chi connectivity index (χ1v) is 8.93. The number of nitrogens with zero attached hydrogens (tertiary/aromatic N) is 2. The monoisotopic (exact) mass is 392 g/mol. The minimum atomic E-state index is -0.546. The van der Waals surface area contributed by atoms with Crippen LogP contribution in [-0.2, 0) is 6.42 Å². The van der Waals surface area contributed by atoms with Crippen molar-refractivity contribution < 1.29 is 23.5 Å². The molecule has 4 aromatic rings. The number of ether oxygens (including phenoxy) is 2. The maximum absolute atomic E-state index is 12.9. The third kappa shape index (κ3) is 4.90. The van der Waals surface area contributed by atoms with E-state index in [1.165, 1.54) is 24.4 Å². The van der Waals surface area contributed by atoms with E-state index in [-0.39, 0.29) is 5.88 Å². The Labute approximate surface area is 166 Å². The first-order chi connectivity index (χ1) is 14.2. The van der Waals surface area contributed by atoms with Crippen molar-refractivity contribution in [2.75, 3.05) is 6.61 Å². The summed E-state index contributed by atoms with van der Waals surface area (Å²) in [7, 11) is 0. The van der Waals surface area contributed by atoms with E-state index in [9.17, 15) is 9.50 Å². The number of hydrogen-bond acceptors (Lipinski definition) is 6. The Kier molecular flexibility index (Phi) is 5.38. The quantitative estimate of drug-likeness (QED) is 0.446. The number of rotatable bonds is 7. The number of aromatic hydroxyl groups is 1. The van der Waals surface area contributed by atoms with Crippen LogP contribution in [0.4, 0.5) is 4.39 Å². The molecule has 0 bridgehead atoms. The summed E-state index contributed by atoms with van der Waals surface area (Å²) in [6.45, 7) is 0.490. The van der Waals surface area contributed by atoms with E-state index >= 15 is 0 Å². The molecule has 146 valence electrons. The van der Waals surface area contributed by atoms with Crippen LogP contribution in [0.3, 0.4) is 0 Å². The SMILES string of the molecule is Oc1cc(-c2ccc(OCCc3cccc(Oc4ccc(F)nc4)c3)cc2)on1. The van der Waals surface area contributed by atoms with E-state index in [0.717, 1.165) is 16.9 Å². The smallest absolute Gasteiger partial charge is 0.252 e. The zero-order chi connectivity index (χ0) is 20.1. The zero-order valence-electron chi connectivity index (χ0n) is 15.3. The van der Waals surface area contributed by atoms with Gasteiger partial charge in [-0.25, -0.2) is 4.98 Å². The van der Waals surface area contributed by atoms with Crippen LogP contribution in [0.15, 0.2) is 77.4 Å². The molecule has 0 saturated heterocycles. The number of benzene rings is 2. The third-order valence-electron chi connectivity index (χ3n) is 4.13. The summed E-state index contributed by atoms with van der Waals surface area (Å²) in [5.41, 5.74) is 1.84. The second-order valence-electron chi connectivity index (χ2n) is 6.24. The molecule has 2 aromatic carbocycles. The minimum absolute atomic E-state index is 0.151. The highest BCUT2D eigenvalue weighted by molar-refractivity contribution is 5.58. The molecule has 2 heterocycles. The fourth-order valence-corrected chi connectivity index (χ4v) is 2.73. The van der Waals surface area contributed by atoms with E-state index in [0.29, 0.717) is 30.3 Å². The van der Waals surface area contributed by atoms with Crippen molar-refractivity contribution in [2.45, 2.75) is 6.42 Å². The summed E-state index contributed by atoms with van der Waals surface area (Å²) in [6.07, 6.45) is 2.03. The van der Waals surface area contributed by atoms with E-state index in [1.54, 1.807) is 0 Å². The van der Waals surface area contributed by atoms with Gasteiger partial charge in [-0.1, -0.05) is 12.1 Å². The normalized spacial score (nSPS) is 10.7. The molecule has 0 saturated carbocycles. The van der Waals surface area contributed by atoms with Gasteiger partial charge in [0.15, 0.2) is 5.76 Å². The van der Waals surface area contributed by atoms with Gasteiger partial charge < -0.3 is 19.1 Å². The average molecular weight is 392 g/mol. The van der Waals surface area contributed by atoms with Crippen molar-refractivity contribution in [3.8, 4) is 34.5 Å². The summed E-state index contributed by atoms with van der Waals surface area (Å²) in [5, 5.41) is 12.7. The molecule has 0 aliphatic carbocycles. The fraction of sp³-hybridized carbons (Fsp3) is 0.0909. The first kappa shape index (κ1) is 18.5. The van der Waals surface area contributed by atoms with Gasteiger partial charge in [-0.15, -0.1) is 0 Å². The average Bonchev–Trinajstić information content (AvgIpc) is 3.17. The largest absolute Gasteiger partial charge is 0.493 e. The van der Waals surface area contributed by atoms with Crippen molar-refractivity contribution in [1.29, 1.82) is 0 Å². The maximum Gasteiger partial charge on any atom is 0.252 e. The van der Waals surface area contributed by atoms with Gasteiger partial charge in [-0.2, -0.15) is 4.39 Å². The van der Waals surface area contributed by atoms with Crippen LogP contribution in [0.5, 0.6) is 23.1 Å². The van der Waals surface area contributed by atoms with E-state index in [1.807, 2.05) is 48.5 Å². The molecule has 29 heavy (non-hydrogen) atoms. The molecule has 2 aromatic heterocycles. The molecular weight excluding hydrogens is 375 g/mol. The molecule has 0 fully saturated rings. The minimum Gasteiger partial charge on any atom is -0.493 e. The van der Waals surface area contributed by atoms with E-state index in [4.69, 9.17) is 14.0 Å². The molecule has 0 aliphatic rings. The summed E-state index contributed by atoms with van der Waals surface area (Å²) < 4.78 is 29.4. The molecule has 4 rings (SSSR count). The van der Waals surface area contributed by atoms with Crippen LogP contribution < -0.4 is 9.47 Å². The summed E-state index contributed by atoms with van der Waals surface area (Å²) >= 11 is 0. The third-order valence-corrected chi connectivity index (χ3v) is 4.13. The number of pyridine rings is 1. The number of aromatic nitrogens is 2. The van der Waals surface area contributed by atoms with Gasteiger partial charge in [0, 0.05) is 18.1 Å². The molecule has 0 radical (unpaired) electrons. The molecule has 6 nitrogen and oxygen atoms in total. The van der Waals surface area contributed by atoms with Crippen molar-refractivity contribution in [1.82, 2.24) is 10.1 Å². The molecule has 0 aliphatic heterocycles. The Morgan fingerprint density at radius 2 is 1.76 bits per heavy atom. The lowest BCUT2D eigenvalue weighted by atomic mass is 10.1. The number of hydrogen-bond donors (Lipinski definition) is 1. The van der Waals surface area contributed by atoms with Crippen LogP contribution in [-0.4, -0.2) is 21.9 Å². The first-order valence-electron chi connectivity index (χ1n) is 8.93. The zero-order valence-corrected chi connectivity index (χ0v) is 15.3. The lowest BCUT2D eigenvalue weighted by Crippen LogP contribution is -2.01. The highest BCUT2D eigenvalue weighted by Gasteiger charge is 2.06. The second-order valence-corrected chi connectivity index (χ2v) is 6.24. The van der Waals surface area contributed by atoms with E-state index < -0.39 is 5.95 Å². The van der Waals surface area contributed by atoms with E-state index in [2.05, 4.69) is 10.1 Å². The van der Waals surface area contributed by atoms with Crippen molar-refractivity contribution >= 4 is 0 Å². The van der Waals surface area contributed by atoms with Crippen molar-refractivity contribution in [2.24, 2.45) is 0 Å². The Morgan fingerprint density at radius 1 is 0.931 bits per heavy atom. The topological polar surface area (TPSA) is 77.6 Å². The Bertz CT molecular complexity index is 1080. The maximum atomic E-state index is 12.9. The standard InChI is InChI=1S/C22H17FN2O4/c23-21-9-8-19(14-24-21)28-18-3-1-2-15(12-18)10-11-27-17-6-4-16(5-7-17)20-13-22(26)25-29-20/h1-9,12-14H,10-11H2,(H,25,26). The summed E-state index contributed by atoms with van der Waals surface area (Å²) in [5.74, 6) is 1.64. The number of halogens is 1. The molecule has 1 N–H and O–H groups in total. The molecule has 7 heteroatoms. The lowest BCUT2D eigenvalue weighted by molar-refractivity contribution is 0.322. The predicted octanol–water partition coefficient (Wildman–Crippen LogP) is 5.00. The molecule has 0 unspecified atom stereocenters. The van der Waals surface area contributed by atoms with Gasteiger partial charge in [-0.05, 0) is 59.3 Å².